The Morgan fingerprint density at radius 3 is 2.23 bits per heavy atom. The summed E-state index contributed by atoms with van der Waals surface area (Å²) >= 11 is 2.85. The molecule has 1 aliphatic rings. The summed E-state index contributed by atoms with van der Waals surface area (Å²) in [6.45, 7) is -1.06. The maximum Gasteiger partial charge on any atom is 0.490 e. The third-order valence-corrected chi connectivity index (χ3v) is 7.72. The van der Waals surface area contributed by atoms with Crippen molar-refractivity contribution >= 4 is 39.4 Å². The normalized spacial score (nSPS) is 28.8. The molecule has 0 saturated carbocycles. The lowest BCUT2D eigenvalue weighted by Gasteiger charge is -2.19. The number of rotatable bonds is 8. The molecule has 1 aromatic rings. The zero-order valence-corrected chi connectivity index (χ0v) is 18.4. The monoisotopic (exact) mass is 562 g/mol. The third-order valence-electron chi connectivity index (χ3n) is 3.35. The van der Waals surface area contributed by atoms with Crippen LogP contribution in [-0.2, 0) is 31.6 Å². The highest BCUT2D eigenvalue weighted by molar-refractivity contribution is 9.10. The van der Waals surface area contributed by atoms with Gasteiger partial charge in [0.25, 0.3) is 5.56 Å². The fourth-order valence-electron chi connectivity index (χ4n) is 2.22. The molecule has 1 aromatic heterocycles. The Labute approximate surface area is 173 Å². The summed E-state index contributed by atoms with van der Waals surface area (Å²) in [5.74, 6) is 0. The Kier molecular flexibility index (Phi) is 7.83. The number of phosphoric acid groups is 3. The van der Waals surface area contributed by atoms with E-state index in [9.17, 15) is 38.4 Å². The molecule has 1 fully saturated rings. The van der Waals surface area contributed by atoms with E-state index in [1.165, 1.54) is 0 Å². The summed E-state index contributed by atoms with van der Waals surface area (Å²) in [5.41, 5.74) is -1.80. The van der Waals surface area contributed by atoms with E-state index in [0.717, 1.165) is 6.20 Å². The number of aromatic nitrogens is 2. The fraction of sp³-hybridized carbons (Fsp3) is 0.556. The second-order valence-electron chi connectivity index (χ2n) is 5.58. The highest BCUT2D eigenvalue weighted by Crippen LogP contribution is 2.66. The predicted molar refractivity (Wildman–Crippen MR) is 94.8 cm³/mol. The number of halogens is 1. The van der Waals surface area contributed by atoms with Gasteiger partial charge in [0.1, 0.15) is 18.3 Å². The lowest BCUT2D eigenvalue weighted by molar-refractivity contribution is -0.0543. The van der Waals surface area contributed by atoms with Crippen LogP contribution in [-0.4, -0.2) is 64.3 Å². The fourth-order valence-corrected chi connectivity index (χ4v) is 5.57. The Bertz CT molecular complexity index is 1050. The molecule has 1 aliphatic heterocycles. The average Bonchev–Trinajstić information content (AvgIpc) is 2.81. The molecule has 0 aliphatic carbocycles. The maximum absolute atomic E-state index is 11.9. The Balaban J connectivity index is 2.09. The van der Waals surface area contributed by atoms with Crippen LogP contribution >= 0.6 is 39.4 Å². The van der Waals surface area contributed by atoms with Gasteiger partial charge in [-0.15, -0.1) is 0 Å². The first kappa shape index (κ1) is 25.7. The molecule has 21 heteroatoms. The highest BCUT2D eigenvalue weighted by Gasteiger charge is 2.46. The van der Waals surface area contributed by atoms with Crippen molar-refractivity contribution in [3.8, 4) is 0 Å². The van der Waals surface area contributed by atoms with Crippen molar-refractivity contribution in [2.75, 3.05) is 6.61 Å². The number of aromatic amines is 1. The molecule has 7 N–H and O–H groups in total. The van der Waals surface area contributed by atoms with E-state index in [4.69, 9.17) is 19.4 Å². The zero-order valence-electron chi connectivity index (χ0n) is 14.1. The lowest BCUT2D eigenvalue weighted by atomic mass is 10.1. The van der Waals surface area contributed by atoms with Crippen LogP contribution in [0.15, 0.2) is 20.3 Å². The predicted octanol–water partition coefficient (Wildman–Crippen LogP) is -1.74. The first-order valence-corrected chi connectivity index (χ1v) is 12.6. The van der Waals surface area contributed by atoms with Crippen molar-refractivity contribution in [1.82, 2.24) is 9.55 Å². The largest absolute Gasteiger partial charge is 0.490 e. The number of phosphoric ester groups is 1. The molecule has 0 radical (unpaired) electrons. The molecule has 30 heavy (non-hydrogen) atoms. The first-order valence-electron chi connectivity index (χ1n) is 7.32. The first-order chi connectivity index (χ1) is 13.5. The van der Waals surface area contributed by atoms with Crippen LogP contribution in [0, 0.1) is 0 Å². The van der Waals surface area contributed by atoms with Crippen molar-refractivity contribution in [2.45, 2.75) is 24.5 Å². The topological polar surface area (TPSA) is 264 Å². The number of nitrogens with one attached hydrogen (secondary N) is 1. The molecule has 172 valence electrons. The van der Waals surface area contributed by atoms with Gasteiger partial charge in [0.15, 0.2) is 6.23 Å². The molecule has 0 aromatic carbocycles. The van der Waals surface area contributed by atoms with Crippen LogP contribution in [0.3, 0.4) is 0 Å². The summed E-state index contributed by atoms with van der Waals surface area (Å²) in [7, 11) is -16.8. The zero-order chi connectivity index (χ0) is 23.1. The Morgan fingerprint density at radius 1 is 1.07 bits per heavy atom. The molecule has 0 spiro atoms. The number of aliphatic hydroxyl groups is 2. The van der Waals surface area contributed by atoms with Crippen molar-refractivity contribution in [1.29, 1.82) is 0 Å². The van der Waals surface area contributed by atoms with Gasteiger partial charge in [-0.25, -0.2) is 18.5 Å². The van der Waals surface area contributed by atoms with Crippen LogP contribution in [0.2, 0.25) is 0 Å². The molecule has 2 heterocycles. The molecule has 17 nitrogen and oxygen atoms in total. The van der Waals surface area contributed by atoms with E-state index in [0.29, 0.717) is 4.57 Å². The quantitative estimate of drug-likeness (QED) is 0.173. The molecule has 6 atom stereocenters. The lowest BCUT2D eigenvalue weighted by Crippen LogP contribution is -2.38. The summed E-state index contributed by atoms with van der Waals surface area (Å²) < 4.78 is 50.6. The summed E-state index contributed by atoms with van der Waals surface area (Å²) in [5, 5.41) is 20.0. The standard InChI is InChI=1S/C9H14BrN2O15P3/c10-3-1-12(9(16)11-7(3)15)8-6(14)5(13)4(25-8)2-24-29(20,21)27-30(22,23)26-28(17,18)19/h1,4-6,8,13-14H,2H2,(H,20,21)(H,22,23)(H,11,15,16)(H2,17,18,19)/t4-,5+,6-,8?/m1/s1. The number of hydrogen-bond donors (Lipinski definition) is 7. The highest BCUT2D eigenvalue weighted by atomic mass is 79.9. The van der Waals surface area contributed by atoms with Gasteiger partial charge in [-0.3, -0.25) is 18.9 Å². The van der Waals surface area contributed by atoms with E-state index >= 15 is 0 Å². The SMILES string of the molecule is O=c1[nH]c(=O)n(C2O[C@H](COP(=O)(O)OP(=O)(O)OP(=O)(O)O)[C@H](O)[C@H]2O)cc1Br. The van der Waals surface area contributed by atoms with Gasteiger partial charge < -0.3 is 34.5 Å². The molecule has 2 rings (SSSR count). The molecule has 0 amide bonds. The van der Waals surface area contributed by atoms with Gasteiger partial charge in [0.2, 0.25) is 0 Å². The number of ether oxygens (including phenoxy) is 1. The van der Waals surface area contributed by atoms with E-state index in [2.05, 4.69) is 29.1 Å². The second kappa shape index (κ2) is 9.13. The Hall–Kier alpha value is -0.550. The van der Waals surface area contributed by atoms with Gasteiger partial charge in [-0.2, -0.15) is 8.62 Å². The number of nitrogens with zero attached hydrogens (tertiary/aromatic N) is 1. The van der Waals surface area contributed by atoms with E-state index in [1.54, 1.807) is 0 Å². The van der Waals surface area contributed by atoms with Gasteiger partial charge in [-0.1, -0.05) is 0 Å². The van der Waals surface area contributed by atoms with E-state index < -0.39 is 65.9 Å². The molecule has 1 saturated heterocycles. The van der Waals surface area contributed by atoms with Crippen LogP contribution in [0.5, 0.6) is 0 Å². The molecular weight excluding hydrogens is 549 g/mol. The van der Waals surface area contributed by atoms with Gasteiger partial charge in [0.05, 0.1) is 11.1 Å². The number of hydrogen-bond acceptors (Lipinski definition) is 11. The smallest absolute Gasteiger partial charge is 0.387 e. The van der Waals surface area contributed by atoms with Crippen molar-refractivity contribution in [3.63, 3.8) is 0 Å². The third kappa shape index (κ3) is 6.72. The van der Waals surface area contributed by atoms with E-state index in [-0.39, 0.29) is 4.47 Å². The van der Waals surface area contributed by atoms with Crippen LogP contribution in [0.25, 0.3) is 0 Å². The number of aliphatic hydroxyl groups excluding tert-OH is 2. The van der Waals surface area contributed by atoms with Crippen molar-refractivity contribution in [3.05, 3.63) is 31.5 Å². The average molecular weight is 563 g/mol. The number of H-pyrrole nitrogens is 1. The van der Waals surface area contributed by atoms with E-state index in [1.807, 2.05) is 4.98 Å². The van der Waals surface area contributed by atoms with Gasteiger partial charge in [-0.05, 0) is 15.9 Å². The molecular formula is C9H14BrN2O15P3. The van der Waals surface area contributed by atoms with Crippen LogP contribution < -0.4 is 11.2 Å². The summed E-state index contributed by atoms with van der Waals surface area (Å²) in [6.07, 6.45) is -5.80. The van der Waals surface area contributed by atoms with Crippen LogP contribution in [0.4, 0.5) is 0 Å². The summed E-state index contributed by atoms with van der Waals surface area (Å²) in [4.78, 5) is 60.5. The van der Waals surface area contributed by atoms with Crippen molar-refractivity contribution in [2.24, 2.45) is 0 Å². The minimum atomic E-state index is -5.74. The van der Waals surface area contributed by atoms with Gasteiger partial charge >= 0.3 is 29.2 Å². The minimum Gasteiger partial charge on any atom is -0.387 e. The van der Waals surface area contributed by atoms with Crippen LogP contribution in [0.1, 0.15) is 6.23 Å². The second-order valence-corrected chi connectivity index (χ2v) is 10.9. The minimum absolute atomic E-state index is 0.121. The Morgan fingerprint density at radius 2 is 1.67 bits per heavy atom. The van der Waals surface area contributed by atoms with Gasteiger partial charge in [0, 0.05) is 6.20 Å². The maximum atomic E-state index is 11.9. The summed E-state index contributed by atoms with van der Waals surface area (Å²) in [6, 6.07) is 0. The van der Waals surface area contributed by atoms with Crippen molar-refractivity contribution < 1.29 is 61.4 Å². The molecule has 3 unspecified atom stereocenters. The molecule has 0 bridgehead atoms.